The van der Waals surface area contributed by atoms with Crippen molar-refractivity contribution in [3.63, 3.8) is 0 Å². The predicted molar refractivity (Wildman–Crippen MR) is 83.1 cm³/mol. The van der Waals surface area contributed by atoms with E-state index in [1.54, 1.807) is 13.2 Å². The van der Waals surface area contributed by atoms with E-state index in [9.17, 15) is 4.79 Å². The Kier molecular flexibility index (Phi) is 6.16. The lowest BCUT2D eigenvalue weighted by atomic mass is 9.84. The van der Waals surface area contributed by atoms with Crippen LogP contribution in [0.25, 0.3) is 0 Å². The van der Waals surface area contributed by atoms with E-state index in [-0.39, 0.29) is 12.6 Å². The van der Waals surface area contributed by atoms with Crippen molar-refractivity contribution in [2.45, 2.75) is 18.8 Å². The van der Waals surface area contributed by atoms with Gasteiger partial charge in [-0.2, -0.15) is 0 Å². The highest BCUT2D eigenvalue weighted by Crippen LogP contribution is 2.35. The van der Waals surface area contributed by atoms with Crippen LogP contribution in [0.1, 0.15) is 19.0 Å². The Morgan fingerprint density at radius 3 is 2.91 bits per heavy atom. The van der Waals surface area contributed by atoms with Crippen LogP contribution in [0.3, 0.4) is 0 Å². The van der Waals surface area contributed by atoms with E-state index < -0.39 is 5.41 Å². The van der Waals surface area contributed by atoms with Gasteiger partial charge in [0.15, 0.2) is 0 Å². The van der Waals surface area contributed by atoms with Crippen molar-refractivity contribution >= 4 is 21.9 Å². The van der Waals surface area contributed by atoms with Crippen LogP contribution in [-0.2, 0) is 24.4 Å². The van der Waals surface area contributed by atoms with Crippen molar-refractivity contribution in [1.29, 1.82) is 0 Å². The van der Waals surface area contributed by atoms with Crippen molar-refractivity contribution in [2.75, 3.05) is 40.1 Å². The first-order valence-corrected chi connectivity index (χ1v) is 7.86. The van der Waals surface area contributed by atoms with E-state index in [2.05, 4.69) is 20.9 Å². The van der Waals surface area contributed by atoms with E-state index in [4.69, 9.17) is 18.9 Å². The van der Waals surface area contributed by atoms with Crippen molar-refractivity contribution in [3.8, 4) is 5.75 Å². The average Bonchev–Trinajstić information content (AvgIpc) is 2.95. The molecule has 1 atom stereocenters. The van der Waals surface area contributed by atoms with E-state index in [0.717, 1.165) is 12.1 Å². The molecule has 0 spiro atoms. The minimum atomic E-state index is -0.422. The second-order valence-corrected chi connectivity index (χ2v) is 6.03. The Balaban J connectivity index is 2.21. The summed E-state index contributed by atoms with van der Waals surface area (Å²) in [6.07, 6.45) is 0.751. The monoisotopic (exact) mass is 373 g/mol. The van der Waals surface area contributed by atoms with E-state index in [0.29, 0.717) is 36.8 Å². The van der Waals surface area contributed by atoms with Gasteiger partial charge in [0.1, 0.15) is 23.6 Å². The molecule has 0 saturated carbocycles. The van der Waals surface area contributed by atoms with Gasteiger partial charge in [0.05, 0.1) is 24.3 Å². The predicted octanol–water partition coefficient (Wildman–Crippen LogP) is 2.09. The smallest absolute Gasteiger partial charge is 0.302 e. The number of nitrogens with zero attached hydrogens (tertiary/aromatic N) is 1. The summed E-state index contributed by atoms with van der Waals surface area (Å²) in [7, 11) is 1.63. The molecule has 7 heteroatoms. The highest BCUT2D eigenvalue weighted by atomic mass is 79.9. The van der Waals surface area contributed by atoms with Gasteiger partial charge < -0.3 is 18.9 Å². The highest BCUT2D eigenvalue weighted by molar-refractivity contribution is 9.10. The first-order chi connectivity index (χ1) is 10.6. The summed E-state index contributed by atoms with van der Waals surface area (Å²) in [5, 5.41) is 0. The van der Waals surface area contributed by atoms with Crippen LogP contribution in [-0.4, -0.2) is 51.1 Å². The quantitative estimate of drug-likeness (QED) is 0.414. The largest absolute Gasteiger partial charge is 0.491 e. The Morgan fingerprint density at radius 2 is 2.27 bits per heavy atom. The summed E-state index contributed by atoms with van der Waals surface area (Å²) in [5.74, 6) is 0.390. The fourth-order valence-corrected chi connectivity index (χ4v) is 2.72. The fourth-order valence-electron chi connectivity index (χ4n) is 2.31. The molecule has 0 bridgehead atoms. The Bertz CT molecular complexity index is 517. The second kappa shape index (κ2) is 7.89. The number of hydrogen-bond acceptors (Lipinski definition) is 6. The zero-order valence-corrected chi connectivity index (χ0v) is 14.3. The average molecular weight is 374 g/mol. The molecule has 122 valence electrons. The van der Waals surface area contributed by atoms with E-state index in [1.165, 1.54) is 6.92 Å². The number of carbonyl (C=O) groups is 1. The molecular weight excluding hydrogens is 354 g/mol. The molecule has 2 rings (SSSR count). The number of aromatic nitrogens is 1. The van der Waals surface area contributed by atoms with Gasteiger partial charge in [0.25, 0.3) is 0 Å². The molecule has 0 N–H and O–H groups in total. The highest BCUT2D eigenvalue weighted by Gasteiger charge is 2.40. The third-order valence-corrected chi connectivity index (χ3v) is 3.93. The SMILES string of the molecule is COCCOc1cc(Br)nc(C2(COC(C)=O)CCOC2)c1. The Labute approximate surface area is 138 Å². The van der Waals surface area contributed by atoms with Gasteiger partial charge in [0.2, 0.25) is 0 Å². The van der Waals surface area contributed by atoms with Gasteiger partial charge in [-0.05, 0) is 22.4 Å². The molecule has 2 heterocycles. The lowest BCUT2D eigenvalue weighted by molar-refractivity contribution is -0.143. The zero-order chi connectivity index (χ0) is 16.0. The first kappa shape index (κ1) is 17.2. The van der Waals surface area contributed by atoms with Gasteiger partial charge in [-0.1, -0.05) is 0 Å². The Hall–Kier alpha value is -1.18. The fraction of sp³-hybridized carbons (Fsp3) is 0.600. The number of hydrogen-bond donors (Lipinski definition) is 0. The van der Waals surface area contributed by atoms with Gasteiger partial charge >= 0.3 is 5.97 Å². The third kappa shape index (κ3) is 4.41. The molecule has 22 heavy (non-hydrogen) atoms. The molecule has 1 aliphatic heterocycles. The van der Waals surface area contributed by atoms with Crippen molar-refractivity contribution in [2.24, 2.45) is 0 Å². The van der Waals surface area contributed by atoms with E-state index in [1.807, 2.05) is 6.07 Å². The van der Waals surface area contributed by atoms with Crippen LogP contribution in [0, 0.1) is 0 Å². The zero-order valence-electron chi connectivity index (χ0n) is 12.8. The number of esters is 1. The number of rotatable bonds is 7. The van der Waals surface area contributed by atoms with Crippen LogP contribution in [0.15, 0.2) is 16.7 Å². The van der Waals surface area contributed by atoms with Gasteiger partial charge in [-0.15, -0.1) is 0 Å². The molecule has 1 aliphatic rings. The van der Waals surface area contributed by atoms with Crippen LogP contribution in [0.2, 0.25) is 0 Å². The third-order valence-electron chi connectivity index (χ3n) is 3.52. The normalized spacial score (nSPS) is 20.9. The molecule has 0 aliphatic carbocycles. The van der Waals surface area contributed by atoms with Crippen LogP contribution < -0.4 is 4.74 Å². The topological polar surface area (TPSA) is 66.9 Å². The molecule has 1 aromatic rings. The molecule has 1 unspecified atom stereocenters. The molecule has 6 nitrogen and oxygen atoms in total. The molecule has 1 aromatic heterocycles. The Morgan fingerprint density at radius 1 is 1.45 bits per heavy atom. The number of pyridine rings is 1. The number of carbonyl (C=O) groups excluding carboxylic acids is 1. The summed E-state index contributed by atoms with van der Waals surface area (Å²) < 4.78 is 22.1. The number of halogens is 1. The lowest BCUT2D eigenvalue weighted by Crippen LogP contribution is -2.34. The summed E-state index contributed by atoms with van der Waals surface area (Å²) in [6, 6.07) is 3.67. The molecule has 1 fully saturated rings. The molecule has 0 radical (unpaired) electrons. The van der Waals surface area contributed by atoms with Gasteiger partial charge in [-0.25, -0.2) is 4.98 Å². The summed E-state index contributed by atoms with van der Waals surface area (Å²) >= 11 is 3.40. The molecular formula is C15H20BrNO5. The van der Waals surface area contributed by atoms with Crippen LogP contribution in [0.4, 0.5) is 0 Å². The minimum Gasteiger partial charge on any atom is -0.491 e. The first-order valence-electron chi connectivity index (χ1n) is 7.07. The maximum Gasteiger partial charge on any atom is 0.302 e. The van der Waals surface area contributed by atoms with E-state index >= 15 is 0 Å². The maximum atomic E-state index is 11.2. The standard InChI is InChI=1S/C15H20BrNO5/c1-11(18)22-10-15(3-4-20-9-15)13-7-12(8-14(16)17-13)21-6-5-19-2/h7-8H,3-6,9-10H2,1-2H3. The number of ether oxygens (including phenoxy) is 4. The van der Waals surface area contributed by atoms with Gasteiger partial charge in [0, 0.05) is 32.8 Å². The van der Waals surface area contributed by atoms with Crippen molar-refractivity contribution in [3.05, 3.63) is 22.4 Å². The minimum absolute atomic E-state index is 0.253. The summed E-state index contributed by atoms with van der Waals surface area (Å²) in [4.78, 5) is 15.7. The van der Waals surface area contributed by atoms with Gasteiger partial charge in [-0.3, -0.25) is 4.79 Å². The lowest BCUT2D eigenvalue weighted by Gasteiger charge is -2.26. The molecule has 1 saturated heterocycles. The number of methoxy groups -OCH3 is 1. The maximum absolute atomic E-state index is 11.2. The molecule has 0 amide bonds. The van der Waals surface area contributed by atoms with Crippen molar-refractivity contribution < 1.29 is 23.7 Å². The van der Waals surface area contributed by atoms with Crippen LogP contribution >= 0.6 is 15.9 Å². The second-order valence-electron chi connectivity index (χ2n) is 5.22. The molecule has 0 aromatic carbocycles. The summed E-state index contributed by atoms with van der Waals surface area (Å²) in [5.41, 5.74) is 0.377. The summed E-state index contributed by atoms with van der Waals surface area (Å²) in [6.45, 7) is 3.72. The van der Waals surface area contributed by atoms with Crippen LogP contribution in [0.5, 0.6) is 5.75 Å². The van der Waals surface area contributed by atoms with Crippen molar-refractivity contribution in [1.82, 2.24) is 4.98 Å².